The lowest BCUT2D eigenvalue weighted by Crippen LogP contribution is -3.13. The third-order valence-electron chi connectivity index (χ3n) is 4.47. The molecular weight excluding hydrogens is 360 g/mol. The van der Waals surface area contributed by atoms with Gasteiger partial charge in [-0.25, -0.2) is 8.42 Å². The fourth-order valence-electron chi connectivity index (χ4n) is 3.10. The van der Waals surface area contributed by atoms with Crippen molar-refractivity contribution < 1.29 is 18.1 Å². The van der Waals surface area contributed by atoms with Gasteiger partial charge in [0.2, 0.25) is 10.0 Å². The van der Waals surface area contributed by atoms with Crippen LogP contribution in [0.3, 0.4) is 0 Å². The van der Waals surface area contributed by atoms with E-state index >= 15 is 0 Å². The Bertz CT molecular complexity index is 819. The highest BCUT2D eigenvalue weighted by atomic mass is 35.5. The predicted octanol–water partition coefficient (Wildman–Crippen LogP) is 1.44. The smallest absolute Gasteiger partial charge is 0.247 e. The van der Waals surface area contributed by atoms with E-state index in [-0.39, 0.29) is 4.90 Å². The second kappa shape index (κ2) is 7.74. The van der Waals surface area contributed by atoms with Crippen molar-refractivity contribution in [2.24, 2.45) is 0 Å². The summed E-state index contributed by atoms with van der Waals surface area (Å²) < 4.78 is 32.7. The first kappa shape index (κ1) is 18.2. The number of benzene rings is 2. The van der Waals surface area contributed by atoms with Crippen molar-refractivity contribution in [2.75, 3.05) is 33.3 Å². The first-order valence-corrected chi connectivity index (χ1v) is 10.0. The highest BCUT2D eigenvalue weighted by Crippen LogP contribution is 2.29. The predicted molar refractivity (Wildman–Crippen MR) is 97.6 cm³/mol. The number of methoxy groups -OCH3 is 1. The Balaban J connectivity index is 1.71. The molecule has 0 unspecified atom stereocenters. The van der Waals surface area contributed by atoms with Gasteiger partial charge >= 0.3 is 0 Å². The van der Waals surface area contributed by atoms with Crippen molar-refractivity contribution >= 4 is 21.6 Å². The second-order valence-corrected chi connectivity index (χ2v) is 8.45. The summed E-state index contributed by atoms with van der Waals surface area (Å²) in [6.07, 6.45) is 0. The second-order valence-electron chi connectivity index (χ2n) is 6.11. The van der Waals surface area contributed by atoms with Crippen LogP contribution in [0.5, 0.6) is 5.75 Å². The first-order valence-electron chi connectivity index (χ1n) is 8.22. The van der Waals surface area contributed by atoms with Gasteiger partial charge < -0.3 is 9.64 Å². The number of nitrogens with zero attached hydrogens (tertiary/aromatic N) is 1. The normalized spacial score (nSPS) is 16.7. The lowest BCUT2D eigenvalue weighted by atomic mass is 10.2. The van der Waals surface area contributed by atoms with Crippen LogP contribution < -0.4 is 9.64 Å². The highest BCUT2D eigenvalue weighted by Gasteiger charge is 2.32. The molecule has 25 heavy (non-hydrogen) atoms. The van der Waals surface area contributed by atoms with Crippen LogP contribution in [-0.4, -0.2) is 46.0 Å². The number of halogens is 1. The standard InChI is InChI=1S/C18H21ClN2O3S/c1-24-17-8-7-16(19)13-18(17)25(22,23)21-11-9-20(10-12-21)14-15-5-3-2-4-6-15/h2-8,13H,9-12,14H2,1H3/p+1. The van der Waals surface area contributed by atoms with Gasteiger partial charge in [0.25, 0.3) is 0 Å². The van der Waals surface area contributed by atoms with Gasteiger partial charge in [-0.05, 0) is 18.2 Å². The average Bonchev–Trinajstić information content (AvgIpc) is 2.63. The third-order valence-corrected chi connectivity index (χ3v) is 6.62. The fraction of sp³-hybridized carbons (Fsp3) is 0.333. The summed E-state index contributed by atoms with van der Waals surface area (Å²) in [5.74, 6) is 0.323. The number of hydrogen-bond donors (Lipinski definition) is 1. The van der Waals surface area contributed by atoms with Crippen molar-refractivity contribution in [3.05, 3.63) is 59.1 Å². The zero-order chi connectivity index (χ0) is 17.9. The molecule has 0 amide bonds. The van der Waals surface area contributed by atoms with E-state index in [1.807, 2.05) is 18.2 Å². The molecule has 1 fully saturated rings. The minimum atomic E-state index is -3.61. The van der Waals surface area contributed by atoms with Crippen LogP contribution in [0.4, 0.5) is 0 Å². The zero-order valence-corrected chi connectivity index (χ0v) is 15.7. The molecule has 7 heteroatoms. The van der Waals surface area contributed by atoms with E-state index in [2.05, 4.69) is 12.1 Å². The van der Waals surface area contributed by atoms with Gasteiger partial charge in [0.1, 0.15) is 17.2 Å². The van der Waals surface area contributed by atoms with Crippen molar-refractivity contribution in [3.8, 4) is 5.75 Å². The Hall–Kier alpha value is -1.60. The van der Waals surface area contributed by atoms with Crippen LogP contribution in [0, 0.1) is 0 Å². The Morgan fingerprint density at radius 2 is 1.80 bits per heavy atom. The zero-order valence-electron chi connectivity index (χ0n) is 14.1. The van der Waals surface area contributed by atoms with E-state index < -0.39 is 10.0 Å². The van der Waals surface area contributed by atoms with Crippen molar-refractivity contribution in [1.82, 2.24) is 4.31 Å². The van der Waals surface area contributed by atoms with E-state index in [1.165, 1.54) is 27.9 Å². The van der Waals surface area contributed by atoms with Crippen LogP contribution in [0.1, 0.15) is 5.56 Å². The molecule has 2 aromatic carbocycles. The maximum atomic E-state index is 13.0. The summed E-state index contributed by atoms with van der Waals surface area (Å²) in [7, 11) is -2.15. The maximum Gasteiger partial charge on any atom is 0.247 e. The molecule has 1 N–H and O–H groups in total. The maximum absolute atomic E-state index is 13.0. The van der Waals surface area contributed by atoms with E-state index in [0.29, 0.717) is 23.9 Å². The summed E-state index contributed by atoms with van der Waals surface area (Å²) in [4.78, 5) is 1.52. The molecule has 2 aromatic rings. The molecular formula is C18H22ClN2O3S+. The molecule has 1 aliphatic heterocycles. The van der Waals surface area contributed by atoms with Crippen molar-refractivity contribution in [1.29, 1.82) is 0 Å². The Kier molecular flexibility index (Phi) is 5.64. The number of nitrogens with one attached hydrogen (secondary N) is 1. The van der Waals surface area contributed by atoms with Gasteiger partial charge in [-0.2, -0.15) is 4.31 Å². The molecule has 0 aliphatic carbocycles. The van der Waals surface area contributed by atoms with Crippen LogP contribution >= 0.6 is 11.6 Å². The van der Waals surface area contributed by atoms with Crippen LogP contribution in [0.15, 0.2) is 53.4 Å². The lowest BCUT2D eigenvalue weighted by Gasteiger charge is -2.31. The van der Waals surface area contributed by atoms with Crippen molar-refractivity contribution in [2.45, 2.75) is 11.4 Å². The minimum Gasteiger partial charge on any atom is -0.495 e. The Labute approximate surface area is 153 Å². The number of piperazine rings is 1. The average molecular weight is 382 g/mol. The molecule has 0 bridgehead atoms. The van der Waals surface area contributed by atoms with Crippen LogP contribution in [0.2, 0.25) is 5.02 Å². The van der Waals surface area contributed by atoms with Gasteiger partial charge in [0, 0.05) is 10.6 Å². The van der Waals surface area contributed by atoms with E-state index in [4.69, 9.17) is 16.3 Å². The number of hydrogen-bond acceptors (Lipinski definition) is 3. The molecule has 1 aliphatic rings. The van der Waals surface area contributed by atoms with E-state index in [0.717, 1.165) is 19.6 Å². The molecule has 134 valence electrons. The van der Waals surface area contributed by atoms with Crippen LogP contribution in [-0.2, 0) is 16.6 Å². The SMILES string of the molecule is COc1ccc(Cl)cc1S(=O)(=O)N1CC[NH+](Cc2ccccc2)CC1. The van der Waals surface area contributed by atoms with Gasteiger partial charge in [0.15, 0.2) is 0 Å². The molecule has 1 heterocycles. The molecule has 3 rings (SSSR count). The quantitative estimate of drug-likeness (QED) is 0.852. The van der Waals surface area contributed by atoms with Crippen molar-refractivity contribution in [3.63, 3.8) is 0 Å². The molecule has 0 saturated carbocycles. The summed E-state index contributed by atoms with van der Waals surface area (Å²) >= 11 is 5.99. The molecule has 0 spiro atoms. The molecule has 5 nitrogen and oxygen atoms in total. The monoisotopic (exact) mass is 381 g/mol. The fourth-order valence-corrected chi connectivity index (χ4v) is 4.96. The molecule has 0 atom stereocenters. The van der Waals surface area contributed by atoms with Crippen LogP contribution in [0.25, 0.3) is 0 Å². The highest BCUT2D eigenvalue weighted by molar-refractivity contribution is 7.89. The number of ether oxygens (including phenoxy) is 1. The summed E-state index contributed by atoms with van der Waals surface area (Å²) in [6, 6.07) is 14.9. The third kappa shape index (κ3) is 4.15. The van der Waals surface area contributed by atoms with Gasteiger partial charge in [-0.15, -0.1) is 0 Å². The van der Waals surface area contributed by atoms with Gasteiger partial charge in [0.05, 0.1) is 33.3 Å². The summed E-state index contributed by atoms with van der Waals surface area (Å²) in [5.41, 5.74) is 1.27. The van der Waals surface area contributed by atoms with E-state index in [9.17, 15) is 8.42 Å². The number of quaternary nitrogens is 1. The van der Waals surface area contributed by atoms with E-state index in [1.54, 1.807) is 12.1 Å². The van der Waals surface area contributed by atoms with Gasteiger partial charge in [-0.1, -0.05) is 41.9 Å². The Morgan fingerprint density at radius 3 is 2.44 bits per heavy atom. The molecule has 0 aromatic heterocycles. The topological polar surface area (TPSA) is 51.1 Å². The largest absolute Gasteiger partial charge is 0.495 e. The Morgan fingerprint density at radius 1 is 1.12 bits per heavy atom. The number of sulfonamides is 1. The molecule has 0 radical (unpaired) electrons. The minimum absolute atomic E-state index is 0.133. The molecule has 1 saturated heterocycles. The lowest BCUT2D eigenvalue weighted by molar-refractivity contribution is -0.917. The first-order chi connectivity index (χ1) is 12.0. The summed E-state index contributed by atoms with van der Waals surface area (Å²) in [6.45, 7) is 3.43. The number of rotatable bonds is 5. The van der Waals surface area contributed by atoms with Gasteiger partial charge in [-0.3, -0.25) is 0 Å². The summed E-state index contributed by atoms with van der Waals surface area (Å²) in [5, 5.41) is 0.382.